The lowest BCUT2D eigenvalue weighted by Crippen LogP contribution is -2.11. The van der Waals surface area contributed by atoms with Crippen molar-refractivity contribution in [3.05, 3.63) is 35.3 Å². The number of aromatic nitrogens is 4. The van der Waals surface area contributed by atoms with Gasteiger partial charge in [-0.05, 0) is 12.8 Å². The molecule has 110 valence electrons. The van der Waals surface area contributed by atoms with Crippen LogP contribution < -0.4 is 5.73 Å². The SMILES string of the molecule is COCCCC(N)c1nn2c(-c3ccccc3)nnc2s1. The molecule has 2 aromatic heterocycles. The fraction of sp³-hybridized carbons (Fsp3) is 0.357. The lowest BCUT2D eigenvalue weighted by Gasteiger charge is -2.06. The molecule has 0 amide bonds. The molecule has 3 aromatic rings. The van der Waals surface area contributed by atoms with Gasteiger partial charge in [-0.2, -0.15) is 9.61 Å². The average molecular weight is 303 g/mol. The number of ether oxygens (including phenoxy) is 1. The maximum Gasteiger partial charge on any atom is 0.235 e. The first kappa shape index (κ1) is 14.1. The molecule has 2 heterocycles. The molecule has 0 aliphatic heterocycles. The van der Waals surface area contributed by atoms with Crippen LogP contribution in [0.15, 0.2) is 30.3 Å². The zero-order valence-corrected chi connectivity index (χ0v) is 12.6. The normalized spacial score (nSPS) is 12.9. The number of nitrogens with zero attached hydrogens (tertiary/aromatic N) is 4. The van der Waals surface area contributed by atoms with E-state index >= 15 is 0 Å². The van der Waals surface area contributed by atoms with Gasteiger partial charge in [-0.15, -0.1) is 10.2 Å². The van der Waals surface area contributed by atoms with Crippen LogP contribution in [0.4, 0.5) is 0 Å². The van der Waals surface area contributed by atoms with Crippen LogP contribution in [0, 0.1) is 0 Å². The van der Waals surface area contributed by atoms with Gasteiger partial charge >= 0.3 is 0 Å². The molecule has 21 heavy (non-hydrogen) atoms. The van der Waals surface area contributed by atoms with Crippen molar-refractivity contribution in [1.29, 1.82) is 0 Å². The van der Waals surface area contributed by atoms with Gasteiger partial charge in [-0.25, -0.2) is 0 Å². The largest absolute Gasteiger partial charge is 0.385 e. The van der Waals surface area contributed by atoms with E-state index in [0.717, 1.165) is 34.2 Å². The summed E-state index contributed by atoms with van der Waals surface area (Å²) < 4.78 is 6.82. The average Bonchev–Trinajstić information content (AvgIpc) is 3.08. The minimum absolute atomic E-state index is 0.0875. The second-order valence-electron chi connectivity index (χ2n) is 4.77. The highest BCUT2D eigenvalue weighted by Gasteiger charge is 2.17. The molecule has 0 aliphatic rings. The predicted octanol–water partition coefficient (Wildman–Crippen LogP) is 2.28. The quantitative estimate of drug-likeness (QED) is 0.707. The third-order valence-corrected chi connectivity index (χ3v) is 4.25. The number of nitrogens with two attached hydrogens (primary N) is 1. The van der Waals surface area contributed by atoms with Crippen molar-refractivity contribution < 1.29 is 4.74 Å². The first-order valence-electron chi connectivity index (χ1n) is 6.81. The Balaban J connectivity index is 1.86. The number of methoxy groups -OCH3 is 1. The molecule has 0 saturated carbocycles. The van der Waals surface area contributed by atoms with Gasteiger partial charge in [0.25, 0.3) is 0 Å². The maximum absolute atomic E-state index is 6.18. The third-order valence-electron chi connectivity index (χ3n) is 3.22. The third kappa shape index (κ3) is 2.94. The van der Waals surface area contributed by atoms with Gasteiger partial charge in [0.05, 0.1) is 6.04 Å². The fourth-order valence-electron chi connectivity index (χ4n) is 2.12. The summed E-state index contributed by atoms with van der Waals surface area (Å²) in [5.41, 5.74) is 7.17. The van der Waals surface area contributed by atoms with E-state index in [2.05, 4.69) is 15.3 Å². The zero-order chi connectivity index (χ0) is 14.7. The van der Waals surface area contributed by atoms with Crippen LogP contribution in [0.2, 0.25) is 0 Å². The van der Waals surface area contributed by atoms with E-state index < -0.39 is 0 Å². The first-order chi connectivity index (χ1) is 10.3. The van der Waals surface area contributed by atoms with Gasteiger partial charge in [0.2, 0.25) is 4.96 Å². The van der Waals surface area contributed by atoms with Crippen molar-refractivity contribution in [3.8, 4) is 11.4 Å². The first-order valence-corrected chi connectivity index (χ1v) is 7.63. The van der Waals surface area contributed by atoms with Crippen LogP contribution in [0.25, 0.3) is 16.3 Å². The molecule has 0 bridgehead atoms. The molecule has 6 nitrogen and oxygen atoms in total. The molecule has 7 heteroatoms. The Morgan fingerprint density at radius 1 is 1.29 bits per heavy atom. The Bertz CT molecular complexity index is 709. The summed E-state index contributed by atoms with van der Waals surface area (Å²) in [6, 6.07) is 9.82. The van der Waals surface area contributed by atoms with E-state index in [-0.39, 0.29) is 6.04 Å². The van der Waals surface area contributed by atoms with E-state index in [1.807, 2.05) is 30.3 Å². The van der Waals surface area contributed by atoms with Crippen molar-refractivity contribution in [2.45, 2.75) is 18.9 Å². The minimum Gasteiger partial charge on any atom is -0.385 e. The van der Waals surface area contributed by atoms with Crippen molar-refractivity contribution in [2.75, 3.05) is 13.7 Å². The van der Waals surface area contributed by atoms with E-state index in [1.54, 1.807) is 11.6 Å². The van der Waals surface area contributed by atoms with Crippen molar-refractivity contribution in [2.24, 2.45) is 5.73 Å². The molecular weight excluding hydrogens is 286 g/mol. The summed E-state index contributed by atoms with van der Waals surface area (Å²) in [5.74, 6) is 0.747. The highest BCUT2D eigenvalue weighted by atomic mass is 32.1. The molecule has 0 fully saturated rings. The number of rotatable bonds is 6. The molecule has 0 saturated heterocycles. The number of hydrogen-bond donors (Lipinski definition) is 1. The van der Waals surface area contributed by atoms with E-state index in [1.165, 1.54) is 11.3 Å². The molecule has 0 radical (unpaired) electrons. The Kier molecular flexibility index (Phi) is 4.23. The van der Waals surface area contributed by atoms with Crippen molar-refractivity contribution in [1.82, 2.24) is 19.8 Å². The zero-order valence-electron chi connectivity index (χ0n) is 11.8. The Morgan fingerprint density at radius 3 is 2.86 bits per heavy atom. The van der Waals surface area contributed by atoms with Crippen LogP contribution in [0.1, 0.15) is 23.9 Å². The predicted molar refractivity (Wildman–Crippen MR) is 82.1 cm³/mol. The molecule has 0 aliphatic carbocycles. The van der Waals surface area contributed by atoms with Gasteiger partial charge in [-0.1, -0.05) is 41.7 Å². The van der Waals surface area contributed by atoms with Crippen LogP contribution in [0.3, 0.4) is 0 Å². The van der Waals surface area contributed by atoms with Crippen LogP contribution in [-0.4, -0.2) is 33.5 Å². The summed E-state index contributed by atoms with van der Waals surface area (Å²) >= 11 is 1.49. The van der Waals surface area contributed by atoms with Gasteiger partial charge in [-0.3, -0.25) is 0 Å². The van der Waals surface area contributed by atoms with Gasteiger partial charge in [0.15, 0.2) is 5.82 Å². The molecule has 0 spiro atoms. The number of hydrogen-bond acceptors (Lipinski definition) is 6. The Labute approximate surface area is 126 Å². The summed E-state index contributed by atoms with van der Waals surface area (Å²) in [6.07, 6.45) is 1.77. The van der Waals surface area contributed by atoms with Gasteiger partial charge < -0.3 is 10.5 Å². The van der Waals surface area contributed by atoms with E-state index in [4.69, 9.17) is 10.5 Å². The summed E-state index contributed by atoms with van der Waals surface area (Å²) in [7, 11) is 1.70. The minimum atomic E-state index is -0.0875. The summed E-state index contributed by atoms with van der Waals surface area (Å²) in [5, 5.41) is 13.8. The molecule has 2 N–H and O–H groups in total. The highest BCUT2D eigenvalue weighted by Crippen LogP contribution is 2.25. The second-order valence-corrected chi connectivity index (χ2v) is 5.75. The lowest BCUT2D eigenvalue weighted by atomic mass is 10.2. The molecule has 1 atom stereocenters. The summed E-state index contributed by atoms with van der Waals surface area (Å²) in [6.45, 7) is 0.715. The topological polar surface area (TPSA) is 78.3 Å². The van der Waals surface area contributed by atoms with E-state index in [9.17, 15) is 0 Å². The maximum atomic E-state index is 6.18. The van der Waals surface area contributed by atoms with Crippen LogP contribution in [-0.2, 0) is 4.74 Å². The van der Waals surface area contributed by atoms with Crippen molar-refractivity contribution >= 4 is 16.3 Å². The Morgan fingerprint density at radius 2 is 2.10 bits per heavy atom. The smallest absolute Gasteiger partial charge is 0.235 e. The summed E-state index contributed by atoms with van der Waals surface area (Å²) in [4.78, 5) is 0.769. The van der Waals surface area contributed by atoms with Crippen LogP contribution in [0.5, 0.6) is 0 Å². The standard InChI is InChI=1S/C14H17N5OS/c1-20-9-5-8-11(15)13-18-19-12(16-17-14(19)21-13)10-6-3-2-4-7-10/h2-4,6-7,11H,5,8-9,15H2,1H3. The monoisotopic (exact) mass is 303 g/mol. The van der Waals surface area contributed by atoms with Gasteiger partial charge in [0, 0.05) is 19.3 Å². The Hall–Kier alpha value is -1.83. The number of fused-ring (bicyclic) bond motifs is 1. The van der Waals surface area contributed by atoms with Crippen LogP contribution >= 0.6 is 11.3 Å². The fourth-order valence-corrected chi connectivity index (χ4v) is 2.99. The lowest BCUT2D eigenvalue weighted by molar-refractivity contribution is 0.190. The molecule has 3 rings (SSSR count). The highest BCUT2D eigenvalue weighted by molar-refractivity contribution is 7.16. The van der Waals surface area contributed by atoms with Crippen molar-refractivity contribution in [3.63, 3.8) is 0 Å². The molecular formula is C14H17N5OS. The van der Waals surface area contributed by atoms with E-state index in [0.29, 0.717) is 6.61 Å². The molecule has 1 unspecified atom stereocenters. The second kappa shape index (κ2) is 6.30. The number of benzene rings is 1. The van der Waals surface area contributed by atoms with Gasteiger partial charge in [0.1, 0.15) is 5.01 Å². The molecule has 1 aromatic carbocycles.